The molecular formula is C13H16ClF3N2O2. The quantitative estimate of drug-likeness (QED) is 0.850. The molecule has 1 saturated heterocycles. The molecule has 8 heteroatoms. The second-order valence-electron chi connectivity index (χ2n) is 4.74. The molecule has 0 saturated carbocycles. The largest absolute Gasteiger partial charge is 0.462 e. The van der Waals surface area contributed by atoms with E-state index >= 15 is 0 Å². The highest BCUT2D eigenvalue weighted by Gasteiger charge is 2.32. The summed E-state index contributed by atoms with van der Waals surface area (Å²) in [7, 11) is 0. The maximum absolute atomic E-state index is 12.4. The minimum Gasteiger partial charge on any atom is -0.462 e. The van der Waals surface area contributed by atoms with E-state index in [9.17, 15) is 18.0 Å². The molecule has 0 aromatic carbocycles. The lowest BCUT2D eigenvalue weighted by molar-refractivity contribution is -0.148. The smallest absolute Gasteiger partial charge is 0.433 e. The van der Waals surface area contributed by atoms with Gasteiger partial charge in [-0.2, -0.15) is 13.2 Å². The predicted molar refractivity (Wildman–Crippen MR) is 72.0 cm³/mol. The number of hydrogen-bond acceptors (Lipinski definition) is 4. The fourth-order valence-electron chi connectivity index (χ4n) is 2.26. The Labute approximate surface area is 126 Å². The van der Waals surface area contributed by atoms with Gasteiger partial charge >= 0.3 is 12.1 Å². The normalized spacial score (nSPS) is 22.3. The third kappa shape index (κ3) is 4.86. The van der Waals surface area contributed by atoms with Gasteiger partial charge in [0.05, 0.1) is 0 Å². The van der Waals surface area contributed by atoms with Crippen molar-refractivity contribution in [3.05, 3.63) is 29.6 Å². The zero-order valence-corrected chi connectivity index (χ0v) is 12.1. The Kier molecular flexibility index (Phi) is 5.98. The lowest BCUT2D eigenvalue weighted by Gasteiger charge is -2.30. The first-order valence-corrected chi connectivity index (χ1v) is 6.30. The number of alkyl halides is 3. The molecule has 1 N–H and O–H groups in total. The van der Waals surface area contributed by atoms with Crippen LogP contribution in [0.1, 0.15) is 37.1 Å². The van der Waals surface area contributed by atoms with Gasteiger partial charge < -0.3 is 10.1 Å². The van der Waals surface area contributed by atoms with E-state index in [0.717, 1.165) is 6.07 Å². The molecule has 0 aliphatic carbocycles. The fourth-order valence-corrected chi connectivity index (χ4v) is 2.26. The number of aromatic nitrogens is 1. The van der Waals surface area contributed by atoms with Crippen LogP contribution in [0, 0.1) is 0 Å². The van der Waals surface area contributed by atoms with Crippen molar-refractivity contribution in [1.29, 1.82) is 0 Å². The van der Waals surface area contributed by atoms with Gasteiger partial charge in [0.25, 0.3) is 0 Å². The molecule has 2 unspecified atom stereocenters. The number of hydrogen-bond donors (Lipinski definition) is 1. The summed E-state index contributed by atoms with van der Waals surface area (Å²) in [5.74, 6) is -0.346. The molecule has 21 heavy (non-hydrogen) atoms. The van der Waals surface area contributed by atoms with Gasteiger partial charge in [-0.15, -0.1) is 12.4 Å². The van der Waals surface area contributed by atoms with E-state index in [0.29, 0.717) is 24.9 Å². The molecule has 4 nitrogen and oxygen atoms in total. The summed E-state index contributed by atoms with van der Waals surface area (Å²) in [6.45, 7) is 1.99. The van der Waals surface area contributed by atoms with Crippen molar-refractivity contribution >= 4 is 18.4 Å². The number of carbonyl (C=O) groups excluding carboxylic acids is 1. The van der Waals surface area contributed by atoms with Gasteiger partial charge in [-0.1, -0.05) is 6.07 Å². The summed E-state index contributed by atoms with van der Waals surface area (Å²) in [6, 6.07) is 2.22. The SMILES string of the molecule is CC(=O)OC1CCNC(c2ccc(C(F)(F)F)nc2)C1.Cl. The number of pyridine rings is 1. The Bertz CT molecular complexity index is 479. The average molecular weight is 325 g/mol. The van der Waals surface area contributed by atoms with Crippen LogP contribution in [0.15, 0.2) is 18.3 Å². The van der Waals surface area contributed by atoms with Crippen molar-refractivity contribution in [2.75, 3.05) is 6.54 Å². The molecular weight excluding hydrogens is 309 g/mol. The van der Waals surface area contributed by atoms with Crippen LogP contribution in [0.25, 0.3) is 0 Å². The number of esters is 1. The molecule has 1 aliphatic rings. The first-order valence-electron chi connectivity index (χ1n) is 6.30. The van der Waals surface area contributed by atoms with Crippen LogP contribution >= 0.6 is 12.4 Å². The Hall–Kier alpha value is -1.34. The van der Waals surface area contributed by atoms with E-state index in [1.165, 1.54) is 19.2 Å². The Morgan fingerprint density at radius 1 is 1.43 bits per heavy atom. The first kappa shape index (κ1) is 17.7. The van der Waals surface area contributed by atoms with Gasteiger partial charge in [0, 0.05) is 25.6 Å². The second kappa shape index (κ2) is 7.09. The lowest BCUT2D eigenvalue weighted by atomic mass is 9.96. The van der Waals surface area contributed by atoms with Crippen LogP contribution in [-0.2, 0) is 15.7 Å². The highest BCUT2D eigenvalue weighted by Crippen LogP contribution is 2.29. The van der Waals surface area contributed by atoms with E-state index in [-0.39, 0.29) is 30.5 Å². The minimum absolute atomic E-state index is 0. The standard InChI is InChI=1S/C13H15F3N2O2.ClH/c1-8(19)20-10-4-5-17-11(6-10)9-2-3-12(18-7-9)13(14,15)16;/h2-3,7,10-11,17H,4-6H2,1H3;1H. The van der Waals surface area contributed by atoms with Gasteiger partial charge in [-0.05, 0) is 24.6 Å². The van der Waals surface area contributed by atoms with E-state index in [1.54, 1.807) is 0 Å². The second-order valence-corrected chi connectivity index (χ2v) is 4.74. The van der Waals surface area contributed by atoms with Crippen molar-refractivity contribution < 1.29 is 22.7 Å². The Balaban J connectivity index is 0.00000220. The third-order valence-electron chi connectivity index (χ3n) is 3.17. The maximum Gasteiger partial charge on any atom is 0.433 e. The van der Waals surface area contributed by atoms with E-state index in [4.69, 9.17) is 4.74 Å². The summed E-state index contributed by atoms with van der Waals surface area (Å²) in [4.78, 5) is 14.4. The Morgan fingerprint density at radius 2 is 2.14 bits per heavy atom. The van der Waals surface area contributed by atoms with Crippen LogP contribution in [0.4, 0.5) is 13.2 Å². The van der Waals surface area contributed by atoms with Gasteiger partial charge in [-0.3, -0.25) is 9.78 Å². The third-order valence-corrected chi connectivity index (χ3v) is 3.17. The number of ether oxygens (including phenoxy) is 1. The minimum atomic E-state index is -4.43. The van der Waals surface area contributed by atoms with E-state index in [2.05, 4.69) is 10.3 Å². The zero-order valence-electron chi connectivity index (χ0n) is 11.3. The van der Waals surface area contributed by atoms with Gasteiger partial charge in [0.15, 0.2) is 0 Å². The van der Waals surface area contributed by atoms with Crippen LogP contribution in [-0.4, -0.2) is 23.6 Å². The molecule has 0 amide bonds. The highest BCUT2D eigenvalue weighted by atomic mass is 35.5. The van der Waals surface area contributed by atoms with Crippen molar-refractivity contribution in [3.63, 3.8) is 0 Å². The maximum atomic E-state index is 12.4. The van der Waals surface area contributed by atoms with Gasteiger partial charge in [-0.25, -0.2) is 0 Å². The van der Waals surface area contributed by atoms with Crippen molar-refractivity contribution in [2.45, 2.75) is 38.1 Å². The molecule has 118 valence electrons. The molecule has 1 aliphatic heterocycles. The zero-order chi connectivity index (χ0) is 14.8. The number of piperidine rings is 1. The van der Waals surface area contributed by atoms with E-state index in [1.807, 2.05) is 0 Å². The molecule has 1 aromatic heterocycles. The van der Waals surface area contributed by atoms with Crippen molar-refractivity contribution in [1.82, 2.24) is 10.3 Å². The lowest BCUT2D eigenvalue weighted by Crippen LogP contribution is -2.36. The molecule has 1 aromatic rings. The van der Waals surface area contributed by atoms with Crippen molar-refractivity contribution in [3.8, 4) is 0 Å². The average Bonchev–Trinajstić information content (AvgIpc) is 2.37. The molecule has 0 spiro atoms. The molecule has 2 rings (SSSR count). The summed E-state index contributed by atoms with van der Waals surface area (Å²) in [5.41, 5.74) is -0.247. The number of halogens is 4. The predicted octanol–water partition coefficient (Wildman–Crippen LogP) is 2.88. The van der Waals surface area contributed by atoms with Crippen molar-refractivity contribution in [2.24, 2.45) is 0 Å². The number of nitrogens with zero attached hydrogens (tertiary/aromatic N) is 1. The van der Waals surface area contributed by atoms with Gasteiger partial charge in [0.2, 0.25) is 0 Å². The molecule has 2 heterocycles. The molecule has 1 fully saturated rings. The number of nitrogens with one attached hydrogen (secondary N) is 1. The summed E-state index contributed by atoms with van der Waals surface area (Å²) < 4.78 is 42.4. The summed E-state index contributed by atoms with van der Waals surface area (Å²) in [5, 5.41) is 3.18. The number of rotatable bonds is 2. The fraction of sp³-hybridized carbons (Fsp3) is 0.538. The number of carbonyl (C=O) groups is 1. The van der Waals surface area contributed by atoms with Gasteiger partial charge in [0.1, 0.15) is 11.8 Å². The first-order chi connectivity index (χ1) is 9.36. The summed E-state index contributed by atoms with van der Waals surface area (Å²) >= 11 is 0. The van der Waals surface area contributed by atoms with Crippen LogP contribution < -0.4 is 5.32 Å². The monoisotopic (exact) mass is 324 g/mol. The molecule has 0 bridgehead atoms. The van der Waals surface area contributed by atoms with Crippen LogP contribution in [0.2, 0.25) is 0 Å². The Morgan fingerprint density at radius 3 is 2.67 bits per heavy atom. The highest BCUT2D eigenvalue weighted by molar-refractivity contribution is 5.85. The molecule has 2 atom stereocenters. The van der Waals surface area contributed by atoms with E-state index < -0.39 is 11.9 Å². The van der Waals surface area contributed by atoms with Crippen LogP contribution in [0.5, 0.6) is 0 Å². The summed E-state index contributed by atoms with van der Waals surface area (Å²) in [6.07, 6.45) is -2.19. The molecule has 0 radical (unpaired) electrons. The van der Waals surface area contributed by atoms with Crippen LogP contribution in [0.3, 0.4) is 0 Å². The topological polar surface area (TPSA) is 51.2 Å².